The molecule has 0 radical (unpaired) electrons. The standard InChI is InChI=1S/C18H23NO3/c1-5-22-18-11-14(7-9-17(18)21-4)12(2)13-6-8-16(20-3)15(19)10-13/h6-12H,5,19H2,1-4H3. The molecule has 0 saturated carbocycles. The number of rotatable bonds is 6. The zero-order chi connectivity index (χ0) is 16.1. The van der Waals surface area contributed by atoms with Crippen LogP contribution in [0.25, 0.3) is 0 Å². The minimum atomic E-state index is 0.193. The Balaban J connectivity index is 2.34. The average molecular weight is 301 g/mol. The highest BCUT2D eigenvalue weighted by Crippen LogP contribution is 2.35. The van der Waals surface area contributed by atoms with Gasteiger partial charge in [-0.1, -0.05) is 19.1 Å². The van der Waals surface area contributed by atoms with Crippen molar-refractivity contribution in [2.45, 2.75) is 19.8 Å². The monoisotopic (exact) mass is 301 g/mol. The number of hydrogen-bond donors (Lipinski definition) is 1. The topological polar surface area (TPSA) is 53.7 Å². The summed E-state index contributed by atoms with van der Waals surface area (Å²) in [5.74, 6) is 2.39. The van der Waals surface area contributed by atoms with Gasteiger partial charge in [-0.2, -0.15) is 0 Å². The molecule has 0 fully saturated rings. The normalized spacial score (nSPS) is 11.8. The van der Waals surface area contributed by atoms with Gasteiger partial charge in [0.1, 0.15) is 5.75 Å². The van der Waals surface area contributed by atoms with Crippen LogP contribution in [-0.4, -0.2) is 20.8 Å². The van der Waals surface area contributed by atoms with Gasteiger partial charge in [0, 0.05) is 5.92 Å². The highest BCUT2D eigenvalue weighted by atomic mass is 16.5. The van der Waals surface area contributed by atoms with Crippen LogP contribution in [0.15, 0.2) is 36.4 Å². The van der Waals surface area contributed by atoms with E-state index in [1.165, 1.54) is 0 Å². The Hall–Kier alpha value is -2.36. The summed E-state index contributed by atoms with van der Waals surface area (Å²) in [5.41, 5.74) is 8.92. The summed E-state index contributed by atoms with van der Waals surface area (Å²) in [5, 5.41) is 0. The van der Waals surface area contributed by atoms with Gasteiger partial charge in [-0.05, 0) is 42.3 Å². The Morgan fingerprint density at radius 2 is 1.50 bits per heavy atom. The molecular weight excluding hydrogens is 278 g/mol. The van der Waals surface area contributed by atoms with E-state index in [1.54, 1.807) is 14.2 Å². The smallest absolute Gasteiger partial charge is 0.161 e. The molecule has 0 bridgehead atoms. The molecule has 4 heteroatoms. The van der Waals surface area contributed by atoms with E-state index in [-0.39, 0.29) is 5.92 Å². The van der Waals surface area contributed by atoms with Crippen molar-refractivity contribution in [1.29, 1.82) is 0 Å². The van der Waals surface area contributed by atoms with Gasteiger partial charge in [0.2, 0.25) is 0 Å². The van der Waals surface area contributed by atoms with Crippen molar-refractivity contribution in [2.75, 3.05) is 26.6 Å². The van der Waals surface area contributed by atoms with Crippen LogP contribution in [0, 0.1) is 0 Å². The van der Waals surface area contributed by atoms with E-state index in [9.17, 15) is 0 Å². The Morgan fingerprint density at radius 1 is 0.909 bits per heavy atom. The highest BCUT2D eigenvalue weighted by Gasteiger charge is 2.13. The number of nitrogens with two attached hydrogens (primary N) is 1. The van der Waals surface area contributed by atoms with Crippen LogP contribution < -0.4 is 19.9 Å². The molecule has 2 rings (SSSR count). The van der Waals surface area contributed by atoms with Gasteiger partial charge in [-0.15, -0.1) is 0 Å². The third kappa shape index (κ3) is 3.27. The van der Waals surface area contributed by atoms with Gasteiger partial charge in [-0.25, -0.2) is 0 Å². The molecule has 2 aromatic carbocycles. The molecule has 0 aromatic heterocycles. The third-order valence-corrected chi connectivity index (χ3v) is 3.74. The molecule has 2 aromatic rings. The molecule has 0 spiro atoms. The maximum absolute atomic E-state index is 6.00. The van der Waals surface area contributed by atoms with Gasteiger partial charge in [0.25, 0.3) is 0 Å². The second kappa shape index (κ2) is 7.07. The van der Waals surface area contributed by atoms with E-state index in [2.05, 4.69) is 6.92 Å². The highest BCUT2D eigenvalue weighted by molar-refractivity contribution is 5.56. The first-order chi connectivity index (χ1) is 10.6. The third-order valence-electron chi connectivity index (χ3n) is 3.74. The van der Waals surface area contributed by atoms with E-state index in [0.29, 0.717) is 18.0 Å². The summed E-state index contributed by atoms with van der Waals surface area (Å²) in [7, 11) is 3.26. The molecule has 1 unspecified atom stereocenters. The molecule has 0 heterocycles. The lowest BCUT2D eigenvalue weighted by atomic mass is 9.92. The summed E-state index contributed by atoms with van der Waals surface area (Å²) >= 11 is 0. The first-order valence-corrected chi connectivity index (χ1v) is 7.34. The number of ether oxygens (including phenoxy) is 3. The van der Waals surface area contributed by atoms with E-state index >= 15 is 0 Å². The van der Waals surface area contributed by atoms with Crippen LogP contribution in [0.1, 0.15) is 30.9 Å². The summed E-state index contributed by atoms with van der Waals surface area (Å²) < 4.78 is 16.2. The molecule has 0 aliphatic rings. The van der Waals surface area contributed by atoms with Gasteiger partial charge in [-0.3, -0.25) is 0 Å². The van der Waals surface area contributed by atoms with Crippen molar-refractivity contribution in [3.8, 4) is 17.2 Å². The largest absolute Gasteiger partial charge is 0.495 e. The SMILES string of the molecule is CCOc1cc(C(C)c2ccc(OC)c(N)c2)ccc1OC. The fourth-order valence-electron chi connectivity index (χ4n) is 2.45. The van der Waals surface area contributed by atoms with Gasteiger partial charge < -0.3 is 19.9 Å². The maximum atomic E-state index is 6.00. The first kappa shape index (κ1) is 16.0. The summed E-state index contributed by atoms with van der Waals surface area (Å²) in [6.07, 6.45) is 0. The lowest BCUT2D eigenvalue weighted by molar-refractivity contribution is 0.310. The second-order valence-electron chi connectivity index (χ2n) is 5.07. The van der Waals surface area contributed by atoms with Crippen molar-refractivity contribution in [2.24, 2.45) is 0 Å². The van der Waals surface area contributed by atoms with Gasteiger partial charge in [0.05, 0.1) is 26.5 Å². The fraction of sp³-hybridized carbons (Fsp3) is 0.333. The van der Waals surface area contributed by atoms with E-state index in [0.717, 1.165) is 22.6 Å². The van der Waals surface area contributed by atoms with Gasteiger partial charge in [0.15, 0.2) is 11.5 Å². The molecular formula is C18H23NO3. The predicted molar refractivity (Wildman–Crippen MR) is 89.1 cm³/mol. The van der Waals surface area contributed by atoms with Crippen LogP contribution in [0.5, 0.6) is 17.2 Å². The number of nitrogen functional groups attached to an aromatic ring is 1. The summed E-state index contributed by atoms with van der Waals surface area (Å²) in [4.78, 5) is 0. The van der Waals surface area contributed by atoms with E-state index in [4.69, 9.17) is 19.9 Å². The summed E-state index contributed by atoms with van der Waals surface area (Å²) in [6, 6.07) is 11.9. The fourth-order valence-corrected chi connectivity index (χ4v) is 2.45. The molecule has 118 valence electrons. The van der Waals surface area contributed by atoms with Crippen LogP contribution >= 0.6 is 0 Å². The van der Waals surface area contributed by atoms with E-state index in [1.807, 2.05) is 43.3 Å². The Bertz CT molecular complexity index is 640. The van der Waals surface area contributed by atoms with Crippen molar-refractivity contribution in [3.05, 3.63) is 47.5 Å². The zero-order valence-corrected chi connectivity index (χ0v) is 13.6. The molecule has 0 aliphatic carbocycles. The average Bonchev–Trinajstić information content (AvgIpc) is 2.54. The molecule has 2 N–H and O–H groups in total. The number of anilines is 1. The minimum Gasteiger partial charge on any atom is -0.495 e. The number of methoxy groups -OCH3 is 2. The molecule has 0 aliphatic heterocycles. The Kier molecular flexibility index (Phi) is 5.15. The van der Waals surface area contributed by atoms with Crippen LogP contribution in [0.4, 0.5) is 5.69 Å². The second-order valence-corrected chi connectivity index (χ2v) is 5.07. The molecule has 4 nitrogen and oxygen atoms in total. The lowest BCUT2D eigenvalue weighted by Gasteiger charge is -2.17. The van der Waals surface area contributed by atoms with Crippen molar-refractivity contribution in [3.63, 3.8) is 0 Å². The summed E-state index contributed by atoms with van der Waals surface area (Å²) in [6.45, 7) is 4.70. The van der Waals surface area contributed by atoms with Crippen LogP contribution in [0.3, 0.4) is 0 Å². The lowest BCUT2D eigenvalue weighted by Crippen LogP contribution is -2.01. The first-order valence-electron chi connectivity index (χ1n) is 7.34. The van der Waals surface area contributed by atoms with Gasteiger partial charge >= 0.3 is 0 Å². The van der Waals surface area contributed by atoms with Crippen molar-refractivity contribution in [1.82, 2.24) is 0 Å². The Morgan fingerprint density at radius 3 is 2.05 bits per heavy atom. The van der Waals surface area contributed by atoms with E-state index < -0.39 is 0 Å². The van der Waals surface area contributed by atoms with Crippen molar-refractivity contribution < 1.29 is 14.2 Å². The molecule has 0 amide bonds. The maximum Gasteiger partial charge on any atom is 0.161 e. The Labute approximate surface area is 131 Å². The minimum absolute atomic E-state index is 0.193. The molecule has 22 heavy (non-hydrogen) atoms. The zero-order valence-electron chi connectivity index (χ0n) is 13.6. The predicted octanol–water partition coefficient (Wildman–Crippen LogP) is 3.84. The molecule has 1 atom stereocenters. The quantitative estimate of drug-likeness (QED) is 0.824. The van der Waals surface area contributed by atoms with Crippen molar-refractivity contribution >= 4 is 5.69 Å². The number of hydrogen-bond acceptors (Lipinski definition) is 4. The number of benzene rings is 2. The van der Waals surface area contributed by atoms with Crippen LogP contribution in [0.2, 0.25) is 0 Å². The van der Waals surface area contributed by atoms with Crippen LogP contribution in [-0.2, 0) is 0 Å². The molecule has 0 saturated heterocycles.